The van der Waals surface area contributed by atoms with Gasteiger partial charge in [0.15, 0.2) is 0 Å². The molecule has 0 atom stereocenters. The van der Waals surface area contributed by atoms with Gasteiger partial charge in [-0.15, -0.1) is 0 Å². The number of hydrogen-bond donors (Lipinski definition) is 2. The number of benzene rings is 2. The third-order valence-electron chi connectivity index (χ3n) is 3.10. The van der Waals surface area contributed by atoms with Gasteiger partial charge in [0.25, 0.3) is 0 Å². The Hall–Kier alpha value is -1.35. The Morgan fingerprint density at radius 3 is 2.50 bits per heavy atom. The van der Waals surface area contributed by atoms with E-state index in [9.17, 15) is 0 Å². The Labute approximate surface area is 131 Å². The first-order valence-corrected chi connectivity index (χ1v) is 7.22. The minimum absolute atomic E-state index is 0.527. The number of rotatable bonds is 3. The average Bonchev–Trinajstić information content (AvgIpc) is 2.77. The van der Waals surface area contributed by atoms with Gasteiger partial charge in [-0.2, -0.15) is 0 Å². The lowest BCUT2D eigenvalue weighted by Gasteiger charge is -2.06. The largest absolute Gasteiger partial charge is 0.379 e. The third-order valence-corrected chi connectivity index (χ3v) is 4.27. The standard InChI is InChI=1S/C15H11Cl3N2/c16-11-6-5-9(7-12(11)17)19-8-14-15(18)10-3-1-2-4-13(10)20-14/h1-7,19-20H,8H2. The Morgan fingerprint density at radius 1 is 0.950 bits per heavy atom. The van der Waals surface area contributed by atoms with Crippen LogP contribution in [0.3, 0.4) is 0 Å². The first-order valence-electron chi connectivity index (χ1n) is 6.09. The molecular weight excluding hydrogens is 315 g/mol. The van der Waals surface area contributed by atoms with E-state index in [2.05, 4.69) is 10.3 Å². The smallest absolute Gasteiger partial charge is 0.0710 e. The molecule has 0 radical (unpaired) electrons. The maximum atomic E-state index is 6.36. The molecule has 0 bridgehead atoms. The molecule has 2 N–H and O–H groups in total. The van der Waals surface area contributed by atoms with E-state index in [1.807, 2.05) is 30.3 Å². The average molecular weight is 326 g/mol. The second-order valence-corrected chi connectivity index (χ2v) is 5.64. The molecule has 3 aromatic rings. The molecular formula is C15H11Cl3N2. The van der Waals surface area contributed by atoms with Crippen LogP contribution in [0.5, 0.6) is 0 Å². The van der Waals surface area contributed by atoms with Gasteiger partial charge in [-0.3, -0.25) is 0 Å². The van der Waals surface area contributed by atoms with E-state index in [0.29, 0.717) is 16.6 Å². The van der Waals surface area contributed by atoms with Gasteiger partial charge in [0.1, 0.15) is 0 Å². The molecule has 0 unspecified atom stereocenters. The lowest BCUT2D eigenvalue weighted by Crippen LogP contribution is -2.00. The Balaban J connectivity index is 1.83. The van der Waals surface area contributed by atoms with E-state index in [0.717, 1.165) is 27.3 Å². The fraction of sp³-hybridized carbons (Fsp3) is 0.0667. The second-order valence-electron chi connectivity index (χ2n) is 4.45. The van der Waals surface area contributed by atoms with Crippen LogP contribution in [-0.2, 0) is 6.54 Å². The maximum absolute atomic E-state index is 6.36. The minimum atomic E-state index is 0.527. The van der Waals surface area contributed by atoms with E-state index in [-0.39, 0.29) is 0 Å². The molecule has 0 fully saturated rings. The van der Waals surface area contributed by atoms with Gasteiger partial charge in [-0.25, -0.2) is 0 Å². The van der Waals surface area contributed by atoms with Crippen molar-refractivity contribution in [2.45, 2.75) is 6.54 Å². The van der Waals surface area contributed by atoms with Crippen LogP contribution in [0.25, 0.3) is 10.9 Å². The molecule has 1 aromatic heterocycles. The van der Waals surface area contributed by atoms with Crippen LogP contribution >= 0.6 is 34.8 Å². The van der Waals surface area contributed by atoms with Crippen LogP contribution in [0.15, 0.2) is 42.5 Å². The van der Waals surface area contributed by atoms with Crippen molar-refractivity contribution in [3.8, 4) is 0 Å². The highest BCUT2D eigenvalue weighted by Gasteiger charge is 2.08. The number of aromatic nitrogens is 1. The molecule has 0 aliphatic carbocycles. The van der Waals surface area contributed by atoms with Crippen LogP contribution in [-0.4, -0.2) is 4.98 Å². The number of H-pyrrole nitrogens is 1. The normalized spacial score (nSPS) is 10.9. The van der Waals surface area contributed by atoms with Crippen molar-refractivity contribution >= 4 is 51.4 Å². The van der Waals surface area contributed by atoms with Gasteiger partial charge in [0.2, 0.25) is 0 Å². The predicted molar refractivity (Wildman–Crippen MR) is 87.1 cm³/mol. The van der Waals surface area contributed by atoms with Crippen molar-refractivity contribution in [1.29, 1.82) is 0 Å². The van der Waals surface area contributed by atoms with Crippen molar-refractivity contribution < 1.29 is 0 Å². The predicted octanol–water partition coefficient (Wildman–Crippen LogP) is 5.74. The molecule has 0 aliphatic rings. The summed E-state index contributed by atoms with van der Waals surface area (Å²) in [6.45, 7) is 0.589. The zero-order valence-corrected chi connectivity index (χ0v) is 12.7. The zero-order chi connectivity index (χ0) is 14.1. The van der Waals surface area contributed by atoms with Gasteiger partial charge in [-0.05, 0) is 24.3 Å². The number of nitrogens with one attached hydrogen (secondary N) is 2. The van der Waals surface area contributed by atoms with Crippen molar-refractivity contribution in [2.24, 2.45) is 0 Å². The molecule has 0 aliphatic heterocycles. The second kappa shape index (κ2) is 5.57. The lowest BCUT2D eigenvalue weighted by molar-refractivity contribution is 1.09. The van der Waals surface area contributed by atoms with Gasteiger partial charge < -0.3 is 10.3 Å². The summed E-state index contributed by atoms with van der Waals surface area (Å²) in [6.07, 6.45) is 0. The summed E-state index contributed by atoms with van der Waals surface area (Å²) in [5.74, 6) is 0. The molecule has 0 saturated heterocycles. The van der Waals surface area contributed by atoms with Crippen LogP contribution in [0.1, 0.15) is 5.69 Å². The van der Waals surface area contributed by atoms with Gasteiger partial charge in [0, 0.05) is 16.6 Å². The first kappa shape index (κ1) is 13.6. The summed E-state index contributed by atoms with van der Waals surface area (Å²) < 4.78 is 0. The van der Waals surface area contributed by atoms with E-state index in [1.165, 1.54) is 0 Å². The van der Waals surface area contributed by atoms with E-state index in [1.54, 1.807) is 12.1 Å². The van der Waals surface area contributed by atoms with Crippen molar-refractivity contribution in [1.82, 2.24) is 4.98 Å². The molecule has 2 aromatic carbocycles. The van der Waals surface area contributed by atoms with E-state index >= 15 is 0 Å². The summed E-state index contributed by atoms with van der Waals surface area (Å²) in [5.41, 5.74) is 2.87. The molecule has 0 amide bonds. The van der Waals surface area contributed by atoms with Gasteiger partial charge in [0.05, 0.1) is 27.3 Å². The quantitative estimate of drug-likeness (QED) is 0.631. The Kier molecular flexibility index (Phi) is 3.79. The van der Waals surface area contributed by atoms with Crippen LogP contribution in [0.4, 0.5) is 5.69 Å². The van der Waals surface area contributed by atoms with E-state index in [4.69, 9.17) is 34.8 Å². The zero-order valence-electron chi connectivity index (χ0n) is 10.4. The molecule has 2 nitrogen and oxygen atoms in total. The molecule has 102 valence electrons. The molecule has 0 spiro atoms. The number of hydrogen-bond acceptors (Lipinski definition) is 1. The third kappa shape index (κ3) is 2.59. The lowest BCUT2D eigenvalue weighted by atomic mass is 10.2. The monoisotopic (exact) mass is 324 g/mol. The highest BCUT2D eigenvalue weighted by atomic mass is 35.5. The maximum Gasteiger partial charge on any atom is 0.0710 e. The molecule has 20 heavy (non-hydrogen) atoms. The summed E-state index contributed by atoms with van der Waals surface area (Å²) in [4.78, 5) is 3.31. The van der Waals surface area contributed by atoms with E-state index < -0.39 is 0 Å². The number of fused-ring (bicyclic) bond motifs is 1. The topological polar surface area (TPSA) is 27.8 Å². The summed E-state index contributed by atoms with van der Waals surface area (Å²) >= 11 is 18.2. The fourth-order valence-corrected chi connectivity index (χ4v) is 2.66. The fourth-order valence-electron chi connectivity index (χ4n) is 2.08. The minimum Gasteiger partial charge on any atom is -0.379 e. The Morgan fingerprint density at radius 2 is 1.75 bits per heavy atom. The molecule has 3 rings (SSSR count). The number of para-hydroxylation sites is 1. The summed E-state index contributed by atoms with van der Waals surface area (Å²) in [5, 5.41) is 6.11. The van der Waals surface area contributed by atoms with Crippen molar-refractivity contribution in [2.75, 3.05) is 5.32 Å². The van der Waals surface area contributed by atoms with Gasteiger partial charge >= 0.3 is 0 Å². The number of aromatic amines is 1. The SMILES string of the molecule is Clc1ccc(NCc2[nH]c3ccccc3c2Cl)cc1Cl. The van der Waals surface area contributed by atoms with Crippen molar-refractivity contribution in [3.05, 3.63) is 63.2 Å². The summed E-state index contributed by atoms with van der Waals surface area (Å²) in [7, 11) is 0. The highest BCUT2D eigenvalue weighted by molar-refractivity contribution is 6.42. The van der Waals surface area contributed by atoms with Crippen LogP contribution in [0, 0.1) is 0 Å². The van der Waals surface area contributed by atoms with Crippen LogP contribution < -0.4 is 5.32 Å². The van der Waals surface area contributed by atoms with Crippen LogP contribution in [0.2, 0.25) is 15.1 Å². The summed E-state index contributed by atoms with van der Waals surface area (Å²) in [6, 6.07) is 13.4. The first-order chi connectivity index (χ1) is 9.65. The van der Waals surface area contributed by atoms with Crippen molar-refractivity contribution in [3.63, 3.8) is 0 Å². The molecule has 1 heterocycles. The highest BCUT2D eigenvalue weighted by Crippen LogP contribution is 2.29. The Bertz CT molecular complexity index is 765. The molecule has 0 saturated carbocycles. The van der Waals surface area contributed by atoms with Gasteiger partial charge in [-0.1, -0.05) is 53.0 Å². The number of halogens is 3. The molecule has 5 heteroatoms. The number of anilines is 1.